The second kappa shape index (κ2) is 3.14. The standard InChI is InChI=1S/C6HClF4S/c7-1-2(8)3(9)4(10)5(11)6(1)12/h12H. The highest BCUT2D eigenvalue weighted by molar-refractivity contribution is 7.80. The predicted octanol–water partition coefficient (Wildman–Crippen LogP) is 3.19. The summed E-state index contributed by atoms with van der Waals surface area (Å²) in [6.45, 7) is 0. The Bertz CT molecular complexity index is 234. The molecule has 12 heavy (non-hydrogen) atoms. The van der Waals surface area contributed by atoms with Crippen molar-refractivity contribution >= 4 is 24.2 Å². The molecule has 0 atom stereocenters. The molecule has 6 heteroatoms. The molecule has 0 unspecified atom stereocenters. The zero-order valence-electron chi connectivity index (χ0n) is 5.34. The fourth-order valence-electron chi connectivity index (χ4n) is 0.593. The van der Waals surface area contributed by atoms with Gasteiger partial charge in [0, 0.05) is 0 Å². The number of benzene rings is 1. The van der Waals surface area contributed by atoms with Crippen LogP contribution in [0.4, 0.5) is 17.6 Å². The average Bonchev–Trinajstić information content (AvgIpc) is 2.08. The molecule has 0 aliphatic carbocycles. The Kier molecular flexibility index (Phi) is 2.53. The van der Waals surface area contributed by atoms with E-state index in [9.17, 15) is 17.6 Å². The van der Waals surface area contributed by atoms with Gasteiger partial charge in [0.1, 0.15) is 0 Å². The second-order valence-corrected chi connectivity index (χ2v) is 2.74. The first-order valence-corrected chi connectivity index (χ1v) is 3.49. The molecule has 0 fully saturated rings. The Balaban J connectivity index is 3.60. The fourth-order valence-corrected chi connectivity index (χ4v) is 0.956. The minimum Gasteiger partial charge on any atom is -0.202 e. The largest absolute Gasteiger partial charge is 0.202 e. The summed E-state index contributed by atoms with van der Waals surface area (Å²) in [5.74, 6) is -7.08. The van der Waals surface area contributed by atoms with E-state index in [1.165, 1.54) is 0 Å². The highest BCUT2D eigenvalue weighted by Crippen LogP contribution is 2.30. The second-order valence-electron chi connectivity index (χ2n) is 1.92. The normalized spacial score (nSPS) is 10.5. The zero-order valence-corrected chi connectivity index (χ0v) is 6.99. The molecule has 0 saturated heterocycles. The summed E-state index contributed by atoms with van der Waals surface area (Å²) in [4.78, 5) is -0.743. The van der Waals surface area contributed by atoms with Crippen LogP contribution in [0, 0.1) is 23.3 Å². The van der Waals surface area contributed by atoms with Crippen LogP contribution in [0.2, 0.25) is 5.02 Å². The molecule has 0 bridgehead atoms. The average molecular weight is 217 g/mol. The molecular weight excluding hydrogens is 216 g/mol. The number of rotatable bonds is 0. The summed E-state index contributed by atoms with van der Waals surface area (Å²) >= 11 is 8.41. The Morgan fingerprint density at radius 1 is 0.833 bits per heavy atom. The van der Waals surface area contributed by atoms with Crippen LogP contribution in [0.5, 0.6) is 0 Å². The van der Waals surface area contributed by atoms with E-state index < -0.39 is 33.2 Å². The van der Waals surface area contributed by atoms with Crippen LogP contribution in [-0.4, -0.2) is 0 Å². The lowest BCUT2D eigenvalue weighted by atomic mass is 10.3. The monoisotopic (exact) mass is 216 g/mol. The molecule has 1 aromatic carbocycles. The summed E-state index contributed by atoms with van der Waals surface area (Å²) < 4.78 is 49.6. The first-order valence-electron chi connectivity index (χ1n) is 2.67. The van der Waals surface area contributed by atoms with Gasteiger partial charge in [-0.1, -0.05) is 11.6 Å². The number of hydrogen-bond acceptors (Lipinski definition) is 1. The van der Waals surface area contributed by atoms with E-state index in [4.69, 9.17) is 11.6 Å². The number of thiol groups is 1. The molecule has 1 rings (SSSR count). The summed E-state index contributed by atoms with van der Waals surface area (Å²) in [7, 11) is 0. The van der Waals surface area contributed by atoms with Crippen molar-refractivity contribution in [3.05, 3.63) is 28.3 Å². The molecule has 0 radical (unpaired) electrons. The van der Waals surface area contributed by atoms with Crippen LogP contribution in [-0.2, 0) is 0 Å². The topological polar surface area (TPSA) is 0 Å². The summed E-state index contributed by atoms with van der Waals surface area (Å²) in [5.41, 5.74) is 0. The highest BCUT2D eigenvalue weighted by Gasteiger charge is 2.22. The molecule has 66 valence electrons. The van der Waals surface area contributed by atoms with Gasteiger partial charge in [0.05, 0.1) is 9.92 Å². The van der Waals surface area contributed by atoms with Crippen LogP contribution < -0.4 is 0 Å². The van der Waals surface area contributed by atoms with Gasteiger partial charge < -0.3 is 0 Å². The maximum Gasteiger partial charge on any atom is 0.199 e. The van der Waals surface area contributed by atoms with Crippen molar-refractivity contribution in [2.45, 2.75) is 4.90 Å². The van der Waals surface area contributed by atoms with Gasteiger partial charge in [-0.15, -0.1) is 12.6 Å². The van der Waals surface area contributed by atoms with Crippen LogP contribution in [0.15, 0.2) is 4.90 Å². The van der Waals surface area contributed by atoms with Crippen molar-refractivity contribution in [3.8, 4) is 0 Å². The van der Waals surface area contributed by atoms with Crippen molar-refractivity contribution < 1.29 is 17.6 Å². The van der Waals surface area contributed by atoms with Gasteiger partial charge in [0.15, 0.2) is 23.3 Å². The quantitative estimate of drug-likeness (QED) is 0.293. The van der Waals surface area contributed by atoms with Gasteiger partial charge in [-0.25, -0.2) is 17.6 Å². The summed E-state index contributed by atoms with van der Waals surface area (Å²) in [5, 5.41) is -0.866. The van der Waals surface area contributed by atoms with Crippen molar-refractivity contribution in [1.82, 2.24) is 0 Å². The Labute approximate surface area is 75.6 Å². The molecule has 1 aromatic rings. The molecule has 0 N–H and O–H groups in total. The molecule has 0 nitrogen and oxygen atoms in total. The molecule has 0 spiro atoms. The molecule has 0 aromatic heterocycles. The Morgan fingerprint density at radius 2 is 1.25 bits per heavy atom. The first-order chi connectivity index (χ1) is 5.46. The van der Waals surface area contributed by atoms with Gasteiger partial charge in [-0.3, -0.25) is 0 Å². The van der Waals surface area contributed by atoms with Gasteiger partial charge in [-0.05, 0) is 0 Å². The lowest BCUT2D eigenvalue weighted by molar-refractivity contribution is 0.399. The molecular formula is C6HClF4S. The van der Waals surface area contributed by atoms with Crippen molar-refractivity contribution in [1.29, 1.82) is 0 Å². The lowest BCUT2D eigenvalue weighted by Gasteiger charge is -2.02. The minimum absolute atomic E-state index is 0.743. The lowest BCUT2D eigenvalue weighted by Crippen LogP contribution is -1.98. The van der Waals surface area contributed by atoms with E-state index in [-0.39, 0.29) is 0 Å². The van der Waals surface area contributed by atoms with Gasteiger partial charge >= 0.3 is 0 Å². The van der Waals surface area contributed by atoms with E-state index in [1.807, 2.05) is 0 Å². The van der Waals surface area contributed by atoms with Crippen LogP contribution in [0.25, 0.3) is 0 Å². The van der Waals surface area contributed by atoms with E-state index >= 15 is 0 Å². The van der Waals surface area contributed by atoms with Crippen LogP contribution in [0.1, 0.15) is 0 Å². The van der Waals surface area contributed by atoms with E-state index in [2.05, 4.69) is 12.6 Å². The first kappa shape index (κ1) is 9.67. The summed E-state index contributed by atoms with van der Waals surface area (Å²) in [6.07, 6.45) is 0. The predicted molar refractivity (Wildman–Crippen MR) is 38.5 cm³/mol. The maximum atomic E-state index is 12.5. The third-order valence-electron chi connectivity index (χ3n) is 1.19. The highest BCUT2D eigenvalue weighted by atomic mass is 35.5. The SMILES string of the molecule is Fc1c(F)c(F)c(Cl)c(S)c1F. The van der Waals surface area contributed by atoms with Crippen molar-refractivity contribution in [2.24, 2.45) is 0 Å². The molecule has 0 heterocycles. The molecule has 0 aliphatic heterocycles. The van der Waals surface area contributed by atoms with Gasteiger partial charge in [0.25, 0.3) is 0 Å². The third-order valence-corrected chi connectivity index (χ3v) is 2.09. The van der Waals surface area contributed by atoms with Crippen molar-refractivity contribution in [3.63, 3.8) is 0 Å². The van der Waals surface area contributed by atoms with Crippen LogP contribution in [0.3, 0.4) is 0 Å². The molecule has 0 saturated carbocycles. The third kappa shape index (κ3) is 1.27. The molecule has 0 amide bonds. The number of hydrogen-bond donors (Lipinski definition) is 1. The minimum atomic E-state index is -1.93. The Morgan fingerprint density at radius 3 is 1.75 bits per heavy atom. The fraction of sp³-hybridized carbons (Fsp3) is 0. The zero-order chi connectivity index (χ0) is 9.46. The van der Waals surface area contributed by atoms with Crippen molar-refractivity contribution in [2.75, 3.05) is 0 Å². The van der Waals surface area contributed by atoms with Crippen LogP contribution >= 0.6 is 24.2 Å². The smallest absolute Gasteiger partial charge is 0.199 e. The maximum absolute atomic E-state index is 12.5. The summed E-state index contributed by atoms with van der Waals surface area (Å²) in [6, 6.07) is 0. The van der Waals surface area contributed by atoms with E-state index in [0.717, 1.165) is 0 Å². The van der Waals surface area contributed by atoms with E-state index in [0.29, 0.717) is 0 Å². The van der Waals surface area contributed by atoms with Gasteiger partial charge in [0.2, 0.25) is 0 Å². The Hall–Kier alpha value is -0.420. The molecule has 0 aliphatic rings. The number of halogens is 5. The van der Waals surface area contributed by atoms with E-state index in [1.54, 1.807) is 0 Å². The van der Waals surface area contributed by atoms with Gasteiger partial charge in [-0.2, -0.15) is 0 Å².